The van der Waals surface area contributed by atoms with E-state index in [0.29, 0.717) is 0 Å². The molecule has 2 aromatic carbocycles. The van der Waals surface area contributed by atoms with Crippen LogP contribution in [0.25, 0.3) is 11.1 Å². The van der Waals surface area contributed by atoms with E-state index in [4.69, 9.17) is 9.84 Å². The van der Waals surface area contributed by atoms with Crippen molar-refractivity contribution in [1.82, 2.24) is 10.2 Å². The van der Waals surface area contributed by atoms with E-state index in [2.05, 4.69) is 29.6 Å². The zero-order valence-corrected chi connectivity index (χ0v) is 18.6. The first-order valence-corrected chi connectivity index (χ1v) is 11.5. The highest BCUT2D eigenvalue weighted by Crippen LogP contribution is 2.49. The summed E-state index contributed by atoms with van der Waals surface area (Å²) in [5.41, 5.74) is 4.63. The quantitative estimate of drug-likeness (QED) is 0.705. The number of carboxylic acids is 1. The molecule has 5 rings (SSSR count). The summed E-state index contributed by atoms with van der Waals surface area (Å²) in [4.78, 5) is 38.1. The second-order valence-electron chi connectivity index (χ2n) is 9.44. The molecule has 0 spiro atoms. The number of nitrogens with one attached hydrogen (secondary N) is 1. The number of fused-ring (bicyclic) bond motifs is 5. The summed E-state index contributed by atoms with van der Waals surface area (Å²) < 4.78 is 5.69. The Morgan fingerprint density at radius 1 is 1.00 bits per heavy atom. The molecule has 2 N–H and O–H groups in total. The van der Waals surface area contributed by atoms with Gasteiger partial charge in [-0.05, 0) is 53.4 Å². The number of benzene rings is 2. The summed E-state index contributed by atoms with van der Waals surface area (Å²) in [5.74, 6) is -1.28. The van der Waals surface area contributed by atoms with E-state index < -0.39 is 18.0 Å². The van der Waals surface area contributed by atoms with E-state index in [-0.39, 0.29) is 42.9 Å². The lowest BCUT2D eigenvalue weighted by atomic mass is 9.83. The fourth-order valence-corrected chi connectivity index (χ4v) is 6.17. The van der Waals surface area contributed by atoms with E-state index in [0.717, 1.165) is 30.4 Å². The molecule has 0 heterocycles. The Hall–Kier alpha value is -3.35. The third-order valence-electron chi connectivity index (χ3n) is 7.58. The Morgan fingerprint density at radius 3 is 2.24 bits per heavy atom. The number of nitrogens with zero attached hydrogens (tertiary/aromatic N) is 1. The number of hydrogen-bond donors (Lipinski definition) is 2. The van der Waals surface area contributed by atoms with Gasteiger partial charge in [-0.15, -0.1) is 0 Å². The van der Waals surface area contributed by atoms with Crippen molar-refractivity contribution in [2.45, 2.75) is 31.2 Å². The number of aliphatic carboxylic acids is 1. The highest BCUT2D eigenvalue weighted by atomic mass is 16.5. The van der Waals surface area contributed by atoms with E-state index >= 15 is 0 Å². The van der Waals surface area contributed by atoms with Gasteiger partial charge in [-0.3, -0.25) is 9.59 Å². The van der Waals surface area contributed by atoms with Gasteiger partial charge in [0.25, 0.3) is 0 Å². The predicted molar refractivity (Wildman–Crippen MR) is 122 cm³/mol. The van der Waals surface area contributed by atoms with Crippen molar-refractivity contribution >= 4 is 18.0 Å². The van der Waals surface area contributed by atoms with Crippen LogP contribution in [-0.4, -0.2) is 54.2 Å². The van der Waals surface area contributed by atoms with Crippen molar-refractivity contribution in [2.24, 2.45) is 17.8 Å². The summed E-state index contributed by atoms with van der Waals surface area (Å²) in [6.07, 6.45) is 2.26. The molecule has 3 aliphatic rings. The minimum absolute atomic E-state index is 0.0256. The van der Waals surface area contributed by atoms with Crippen LogP contribution in [0.15, 0.2) is 48.5 Å². The lowest BCUT2D eigenvalue weighted by Gasteiger charge is -2.33. The molecule has 0 aromatic heterocycles. The van der Waals surface area contributed by atoms with Crippen molar-refractivity contribution in [3.8, 4) is 11.1 Å². The van der Waals surface area contributed by atoms with E-state index in [1.54, 1.807) is 0 Å². The molecule has 7 heteroatoms. The third kappa shape index (κ3) is 3.86. The molecular weight excluding hydrogens is 420 g/mol. The standard InChI is InChI=1S/C26H28N2O5/c1-28(13-22(29)30)25(31)23-15-10-11-16(12-15)24(23)27-26(32)33-14-21-19-8-4-2-6-17(19)18-7-3-5-9-20(18)21/h2-9,15-16,21,23-24H,10-14H2,1H3,(H,27,32)(H,29,30). The molecule has 3 aliphatic carbocycles. The molecule has 7 nitrogen and oxygen atoms in total. The predicted octanol–water partition coefficient (Wildman–Crippen LogP) is 3.48. The SMILES string of the molecule is CN(CC(=O)O)C(=O)C1C2CCC(C2)C1NC(=O)OCC1c2ccccc2-c2ccccc21. The molecular formula is C26H28N2O5. The first-order valence-electron chi connectivity index (χ1n) is 11.5. The molecule has 0 aliphatic heterocycles. The van der Waals surface area contributed by atoms with Gasteiger partial charge in [-0.1, -0.05) is 48.5 Å². The number of likely N-dealkylation sites (N-methyl/N-ethyl adjacent to an activating group) is 1. The monoisotopic (exact) mass is 448 g/mol. The Morgan fingerprint density at radius 2 is 1.61 bits per heavy atom. The van der Waals surface area contributed by atoms with Crippen molar-refractivity contribution in [3.63, 3.8) is 0 Å². The largest absolute Gasteiger partial charge is 0.480 e. The topological polar surface area (TPSA) is 95.9 Å². The van der Waals surface area contributed by atoms with Crippen LogP contribution in [0.3, 0.4) is 0 Å². The minimum Gasteiger partial charge on any atom is -0.480 e. The molecule has 2 fully saturated rings. The van der Waals surface area contributed by atoms with Crippen molar-refractivity contribution < 1.29 is 24.2 Å². The Bertz CT molecular complexity index is 1050. The van der Waals surface area contributed by atoms with Gasteiger partial charge in [-0.2, -0.15) is 0 Å². The number of hydrogen-bond acceptors (Lipinski definition) is 4. The maximum atomic E-state index is 13.0. The van der Waals surface area contributed by atoms with Crippen LogP contribution in [0.4, 0.5) is 4.79 Å². The molecule has 172 valence electrons. The van der Waals surface area contributed by atoms with Gasteiger partial charge < -0.3 is 20.1 Å². The lowest BCUT2D eigenvalue weighted by Crippen LogP contribution is -2.51. The van der Waals surface area contributed by atoms with Crippen LogP contribution in [0.2, 0.25) is 0 Å². The smallest absolute Gasteiger partial charge is 0.407 e. The van der Waals surface area contributed by atoms with Crippen LogP contribution in [0.1, 0.15) is 36.3 Å². The average Bonchev–Trinajstić information content (AvgIpc) is 3.49. The summed E-state index contributed by atoms with van der Waals surface area (Å²) >= 11 is 0. The fraction of sp³-hybridized carbons (Fsp3) is 0.423. The second-order valence-corrected chi connectivity index (χ2v) is 9.44. The van der Waals surface area contributed by atoms with E-state index in [9.17, 15) is 14.4 Å². The summed E-state index contributed by atoms with van der Waals surface area (Å²) in [7, 11) is 1.51. The molecule has 2 aromatic rings. The number of ether oxygens (including phenoxy) is 1. The van der Waals surface area contributed by atoms with Crippen molar-refractivity contribution in [1.29, 1.82) is 0 Å². The van der Waals surface area contributed by atoms with E-state index in [1.807, 2.05) is 24.3 Å². The summed E-state index contributed by atoms with van der Waals surface area (Å²) in [5, 5.41) is 12.0. The number of carbonyl (C=O) groups excluding carboxylic acids is 2. The number of carbonyl (C=O) groups is 3. The van der Waals surface area contributed by atoms with Crippen LogP contribution < -0.4 is 5.32 Å². The first kappa shape index (κ1) is 21.5. The van der Waals surface area contributed by atoms with E-state index in [1.165, 1.54) is 23.1 Å². The van der Waals surface area contributed by atoms with Crippen LogP contribution in [0, 0.1) is 17.8 Å². The van der Waals surface area contributed by atoms with Gasteiger partial charge in [0.2, 0.25) is 5.91 Å². The van der Waals surface area contributed by atoms with Gasteiger partial charge in [0.1, 0.15) is 13.2 Å². The maximum Gasteiger partial charge on any atom is 0.407 e. The molecule has 2 bridgehead atoms. The van der Waals surface area contributed by atoms with Gasteiger partial charge in [0.15, 0.2) is 0 Å². The summed E-state index contributed by atoms with van der Waals surface area (Å²) in [6.45, 7) is -0.122. The molecule has 0 saturated heterocycles. The molecule has 2 saturated carbocycles. The second kappa shape index (κ2) is 8.54. The Balaban J connectivity index is 1.27. The minimum atomic E-state index is -1.05. The van der Waals surface area contributed by atoms with Gasteiger partial charge >= 0.3 is 12.1 Å². The lowest BCUT2D eigenvalue weighted by molar-refractivity contribution is -0.146. The van der Waals surface area contributed by atoms with Crippen LogP contribution >= 0.6 is 0 Å². The molecule has 2 amide bonds. The number of amides is 2. The zero-order valence-electron chi connectivity index (χ0n) is 18.6. The number of rotatable bonds is 6. The molecule has 4 unspecified atom stereocenters. The van der Waals surface area contributed by atoms with Gasteiger partial charge in [0, 0.05) is 19.0 Å². The summed E-state index contributed by atoms with van der Waals surface area (Å²) in [6, 6.07) is 16.0. The number of carboxylic acid groups (broad SMARTS) is 1. The molecule has 0 radical (unpaired) electrons. The van der Waals surface area contributed by atoms with Crippen molar-refractivity contribution in [3.05, 3.63) is 59.7 Å². The van der Waals surface area contributed by atoms with Gasteiger partial charge in [0.05, 0.1) is 5.92 Å². The first-order chi connectivity index (χ1) is 15.9. The average molecular weight is 449 g/mol. The van der Waals surface area contributed by atoms with Crippen LogP contribution in [0.5, 0.6) is 0 Å². The van der Waals surface area contributed by atoms with Crippen LogP contribution in [-0.2, 0) is 14.3 Å². The Labute approximate surface area is 192 Å². The zero-order chi connectivity index (χ0) is 23.1. The number of alkyl carbamates (subject to hydrolysis) is 1. The Kier molecular flexibility index (Phi) is 5.56. The normalized spacial score (nSPS) is 24.8. The molecule has 4 atom stereocenters. The van der Waals surface area contributed by atoms with Gasteiger partial charge in [-0.25, -0.2) is 4.79 Å². The third-order valence-corrected chi connectivity index (χ3v) is 7.58. The highest BCUT2D eigenvalue weighted by molar-refractivity contribution is 5.85. The van der Waals surface area contributed by atoms with Crippen molar-refractivity contribution in [2.75, 3.05) is 20.2 Å². The fourth-order valence-electron chi connectivity index (χ4n) is 6.17. The molecule has 33 heavy (non-hydrogen) atoms. The highest BCUT2D eigenvalue weighted by Gasteiger charge is 2.52. The maximum absolute atomic E-state index is 13.0.